The van der Waals surface area contributed by atoms with Gasteiger partial charge in [0.15, 0.2) is 5.78 Å². The molecule has 6 nitrogen and oxygen atoms in total. The van der Waals surface area contributed by atoms with Crippen molar-refractivity contribution in [3.8, 4) is 0 Å². The van der Waals surface area contributed by atoms with Gasteiger partial charge in [-0.3, -0.25) is 9.59 Å². The Kier molecular flexibility index (Phi) is 5.18. The highest BCUT2D eigenvalue weighted by molar-refractivity contribution is 6.38. The summed E-state index contributed by atoms with van der Waals surface area (Å²) >= 11 is 0. The number of ether oxygens (including phenoxy) is 1. The molecule has 0 radical (unpaired) electrons. The van der Waals surface area contributed by atoms with Crippen LogP contribution in [-0.4, -0.2) is 34.8 Å². The van der Waals surface area contributed by atoms with Crippen LogP contribution in [0.2, 0.25) is 0 Å². The second-order valence-electron chi connectivity index (χ2n) is 7.50. The molecule has 1 aromatic carbocycles. The lowest BCUT2D eigenvalue weighted by Crippen LogP contribution is -2.33. The Morgan fingerprint density at radius 3 is 2.50 bits per heavy atom. The minimum Gasteiger partial charge on any atom is -0.444 e. The van der Waals surface area contributed by atoms with Crippen LogP contribution in [0, 0.1) is 5.82 Å². The van der Waals surface area contributed by atoms with Crippen molar-refractivity contribution in [3.63, 3.8) is 0 Å². The maximum Gasteiger partial charge on any atom is 0.407 e. The predicted molar refractivity (Wildman–Crippen MR) is 102 cm³/mol. The summed E-state index contributed by atoms with van der Waals surface area (Å²) in [6.07, 6.45) is 2.66. The van der Waals surface area contributed by atoms with Crippen molar-refractivity contribution in [1.29, 1.82) is 0 Å². The Labute approximate surface area is 161 Å². The molecule has 2 N–H and O–H groups in total. The molecule has 0 unspecified atom stereocenters. The molecule has 0 bridgehead atoms. The van der Waals surface area contributed by atoms with Gasteiger partial charge in [0.1, 0.15) is 11.4 Å². The van der Waals surface area contributed by atoms with E-state index in [9.17, 15) is 18.8 Å². The molecule has 1 heterocycles. The molecule has 0 atom stereocenters. The number of Topliss-reactive ketones (excluding diaryl/α,β-unsaturated/α-hetero) is 1. The van der Waals surface area contributed by atoms with Gasteiger partial charge in [0, 0.05) is 18.3 Å². The number of hydrogen-bond acceptors (Lipinski definition) is 4. The zero-order valence-electron chi connectivity index (χ0n) is 15.9. The topological polar surface area (TPSA) is 88.3 Å². The van der Waals surface area contributed by atoms with E-state index in [0.29, 0.717) is 17.5 Å². The van der Waals surface area contributed by atoms with Crippen LogP contribution in [0.25, 0.3) is 5.57 Å². The third-order valence-corrected chi connectivity index (χ3v) is 4.17. The molecule has 2 aromatic rings. The van der Waals surface area contributed by atoms with E-state index in [1.54, 1.807) is 27.0 Å². The largest absolute Gasteiger partial charge is 0.444 e. The van der Waals surface area contributed by atoms with Crippen LogP contribution in [0.1, 0.15) is 52.7 Å². The zero-order chi connectivity index (χ0) is 20.5. The van der Waals surface area contributed by atoms with Gasteiger partial charge < -0.3 is 15.0 Å². The summed E-state index contributed by atoms with van der Waals surface area (Å²) in [7, 11) is 0. The van der Waals surface area contributed by atoms with E-state index in [4.69, 9.17) is 4.74 Å². The normalized spacial score (nSPS) is 13.8. The van der Waals surface area contributed by atoms with Gasteiger partial charge in [-0.05, 0) is 56.5 Å². The Morgan fingerprint density at radius 2 is 1.86 bits per heavy atom. The standard InChI is InChI=1S/C21H21FN2O4/c1-21(2,3)28-20(27)23-9-8-13-11-24-18-16(25)10-15(19(26)17(13)18)12-4-6-14(22)7-5-12/h4-7,10-11,24H,8-9H2,1-3H3,(H,23,27). The van der Waals surface area contributed by atoms with E-state index in [2.05, 4.69) is 10.3 Å². The van der Waals surface area contributed by atoms with Gasteiger partial charge in [-0.25, -0.2) is 9.18 Å². The molecule has 28 heavy (non-hydrogen) atoms. The van der Waals surface area contributed by atoms with Crippen molar-refractivity contribution in [2.45, 2.75) is 32.8 Å². The molecule has 1 aliphatic rings. The first-order chi connectivity index (χ1) is 13.2. The van der Waals surface area contributed by atoms with Crippen LogP contribution in [0.5, 0.6) is 0 Å². The van der Waals surface area contributed by atoms with Crippen LogP contribution >= 0.6 is 0 Å². The first kappa shape index (κ1) is 19.5. The fraction of sp³-hybridized carbons (Fsp3) is 0.286. The van der Waals surface area contributed by atoms with Crippen LogP contribution in [0.15, 0.2) is 36.5 Å². The quantitative estimate of drug-likeness (QED) is 0.842. The van der Waals surface area contributed by atoms with Crippen LogP contribution < -0.4 is 5.32 Å². The summed E-state index contributed by atoms with van der Waals surface area (Å²) < 4.78 is 18.3. The average Bonchev–Trinajstić information content (AvgIpc) is 3.02. The van der Waals surface area contributed by atoms with E-state index >= 15 is 0 Å². The van der Waals surface area contributed by atoms with Gasteiger partial charge in [-0.15, -0.1) is 0 Å². The first-order valence-corrected chi connectivity index (χ1v) is 8.89. The number of aromatic amines is 1. The molecule has 1 aromatic heterocycles. The summed E-state index contributed by atoms with van der Waals surface area (Å²) in [5.74, 6) is -1.05. The number of carbonyl (C=O) groups is 3. The monoisotopic (exact) mass is 384 g/mol. The Bertz CT molecular complexity index is 965. The van der Waals surface area contributed by atoms with Crippen molar-refractivity contribution in [1.82, 2.24) is 10.3 Å². The Balaban J connectivity index is 1.76. The lowest BCUT2D eigenvalue weighted by Gasteiger charge is -2.19. The van der Waals surface area contributed by atoms with Crippen molar-refractivity contribution >= 4 is 23.2 Å². The van der Waals surface area contributed by atoms with E-state index in [-0.39, 0.29) is 34.9 Å². The third-order valence-electron chi connectivity index (χ3n) is 4.17. The second kappa shape index (κ2) is 7.42. The Morgan fingerprint density at radius 1 is 1.18 bits per heavy atom. The third kappa shape index (κ3) is 4.19. The van der Waals surface area contributed by atoms with Crippen LogP contribution in [0.4, 0.5) is 9.18 Å². The average molecular weight is 384 g/mol. The van der Waals surface area contributed by atoms with Gasteiger partial charge in [-0.2, -0.15) is 0 Å². The summed E-state index contributed by atoms with van der Waals surface area (Å²) in [6, 6.07) is 5.42. The number of H-pyrrole nitrogens is 1. The molecule has 146 valence electrons. The minimum atomic E-state index is -0.603. The number of allylic oxidation sites excluding steroid dienone is 2. The van der Waals surface area contributed by atoms with Crippen molar-refractivity contribution in [2.75, 3.05) is 6.54 Å². The molecule has 0 saturated carbocycles. The van der Waals surface area contributed by atoms with Gasteiger partial charge >= 0.3 is 6.09 Å². The molecule has 0 fully saturated rings. The van der Waals surface area contributed by atoms with Gasteiger partial charge in [0.2, 0.25) is 5.78 Å². The summed E-state index contributed by atoms with van der Waals surface area (Å²) in [5, 5.41) is 2.63. The summed E-state index contributed by atoms with van der Waals surface area (Å²) in [4.78, 5) is 40.0. The molecule has 1 amide bonds. The van der Waals surface area contributed by atoms with Crippen molar-refractivity contribution < 1.29 is 23.5 Å². The van der Waals surface area contributed by atoms with E-state index in [1.807, 2.05) is 0 Å². The highest BCUT2D eigenvalue weighted by Gasteiger charge is 2.30. The van der Waals surface area contributed by atoms with Gasteiger partial charge in [0.25, 0.3) is 0 Å². The highest BCUT2D eigenvalue weighted by atomic mass is 19.1. The fourth-order valence-electron chi connectivity index (χ4n) is 2.98. The molecular formula is C21H21FN2O4. The number of alkyl carbamates (subject to hydrolysis) is 1. The second-order valence-corrected chi connectivity index (χ2v) is 7.50. The predicted octanol–water partition coefficient (Wildman–Crippen LogP) is 3.68. The van der Waals surface area contributed by atoms with Crippen molar-refractivity contribution in [2.24, 2.45) is 0 Å². The summed E-state index contributed by atoms with van der Waals surface area (Å²) in [5.41, 5.74) is 1.23. The molecule has 1 aliphatic carbocycles. The zero-order valence-corrected chi connectivity index (χ0v) is 15.9. The van der Waals surface area contributed by atoms with Crippen LogP contribution in [-0.2, 0) is 11.2 Å². The number of carbonyl (C=O) groups excluding carboxylic acids is 3. The number of halogens is 1. The maximum atomic E-state index is 13.2. The maximum absolute atomic E-state index is 13.2. The smallest absolute Gasteiger partial charge is 0.407 e. The van der Waals surface area contributed by atoms with Crippen molar-refractivity contribution in [3.05, 3.63) is 64.7 Å². The van der Waals surface area contributed by atoms with E-state index in [1.165, 1.54) is 30.3 Å². The van der Waals surface area contributed by atoms with Crippen LogP contribution in [0.3, 0.4) is 0 Å². The van der Waals surface area contributed by atoms with Gasteiger partial charge in [0.05, 0.1) is 11.3 Å². The number of fused-ring (bicyclic) bond motifs is 1. The fourth-order valence-corrected chi connectivity index (χ4v) is 2.98. The highest BCUT2D eigenvalue weighted by Crippen LogP contribution is 2.30. The number of benzene rings is 1. The SMILES string of the molecule is CC(C)(C)OC(=O)NCCc1c[nH]c2c1C(=O)C(c1ccc(F)cc1)=CC2=O. The number of hydrogen-bond donors (Lipinski definition) is 2. The lowest BCUT2D eigenvalue weighted by atomic mass is 9.87. The molecule has 0 spiro atoms. The molecular weight excluding hydrogens is 363 g/mol. The number of ketones is 2. The molecule has 0 aliphatic heterocycles. The number of aromatic nitrogens is 1. The van der Waals surface area contributed by atoms with Gasteiger partial charge in [-0.1, -0.05) is 12.1 Å². The summed E-state index contributed by atoms with van der Waals surface area (Å²) in [6.45, 7) is 5.55. The number of amides is 1. The molecule has 3 rings (SSSR count). The van der Waals surface area contributed by atoms with E-state index in [0.717, 1.165) is 0 Å². The first-order valence-electron chi connectivity index (χ1n) is 8.89. The molecule has 0 saturated heterocycles. The minimum absolute atomic E-state index is 0.221. The number of rotatable bonds is 4. The Hall–Kier alpha value is -3.22. The lowest BCUT2D eigenvalue weighted by molar-refractivity contribution is 0.0528. The number of nitrogens with one attached hydrogen (secondary N) is 2. The van der Waals surface area contributed by atoms with E-state index < -0.39 is 17.5 Å². The molecule has 7 heteroatoms.